The summed E-state index contributed by atoms with van der Waals surface area (Å²) in [6.45, 7) is 0. The minimum absolute atomic E-state index is 0.383. The van der Waals surface area contributed by atoms with Gasteiger partial charge in [-0.05, 0) is 28.8 Å². The van der Waals surface area contributed by atoms with Crippen LogP contribution in [-0.2, 0) is 0 Å². The fourth-order valence-electron chi connectivity index (χ4n) is 1.95. The first-order valence-corrected chi connectivity index (χ1v) is 5.47. The van der Waals surface area contributed by atoms with E-state index in [9.17, 15) is 0 Å². The van der Waals surface area contributed by atoms with Gasteiger partial charge in [0, 0.05) is 0 Å². The summed E-state index contributed by atoms with van der Waals surface area (Å²) < 4.78 is 2.35. The van der Waals surface area contributed by atoms with Crippen molar-refractivity contribution >= 4 is 21.7 Å². The first-order valence-electron chi connectivity index (χ1n) is 4.67. The Morgan fingerprint density at radius 2 is 2.14 bits per heavy atom. The molecule has 74 valence electrons. The molecule has 14 heavy (non-hydrogen) atoms. The van der Waals surface area contributed by atoms with Crippen LogP contribution in [0, 0.1) is 11.3 Å². The van der Waals surface area contributed by atoms with Crippen molar-refractivity contribution in [3.8, 4) is 6.07 Å². The van der Waals surface area contributed by atoms with E-state index < -0.39 is 0 Å². The third kappa shape index (κ3) is 1.40. The molecule has 1 heterocycles. The zero-order valence-electron chi connectivity index (χ0n) is 7.70. The number of nitrogens with zero attached hydrogens (tertiary/aromatic N) is 3. The van der Waals surface area contributed by atoms with Crippen molar-refractivity contribution in [1.82, 2.24) is 9.78 Å². The Balaban J connectivity index is 2.39. The van der Waals surface area contributed by atoms with E-state index >= 15 is 0 Å². The molecule has 0 unspecified atom stereocenters. The highest BCUT2D eigenvalue weighted by atomic mass is 79.9. The molecule has 1 fully saturated rings. The van der Waals surface area contributed by atoms with E-state index in [2.05, 4.69) is 27.1 Å². The number of hydrogen-bond acceptors (Lipinski definition) is 3. The van der Waals surface area contributed by atoms with Gasteiger partial charge in [-0.2, -0.15) is 10.4 Å². The van der Waals surface area contributed by atoms with Crippen LogP contribution in [0.4, 0.5) is 5.82 Å². The predicted molar refractivity (Wildman–Crippen MR) is 56.6 cm³/mol. The molecule has 1 saturated carbocycles. The summed E-state index contributed by atoms with van der Waals surface area (Å²) >= 11 is 3.24. The van der Waals surface area contributed by atoms with Crippen molar-refractivity contribution in [3.63, 3.8) is 0 Å². The van der Waals surface area contributed by atoms with Gasteiger partial charge in [-0.3, -0.25) is 0 Å². The molecular formula is C9H11BrN4. The third-order valence-corrected chi connectivity index (χ3v) is 3.24. The number of aromatic nitrogens is 2. The lowest BCUT2D eigenvalue weighted by Gasteiger charge is -2.10. The summed E-state index contributed by atoms with van der Waals surface area (Å²) in [6.07, 6.45) is 4.68. The fourth-order valence-corrected chi connectivity index (χ4v) is 2.41. The number of hydrogen-bond donors (Lipinski definition) is 1. The Bertz CT molecular complexity index is 384. The molecule has 2 N–H and O–H groups in total. The van der Waals surface area contributed by atoms with Gasteiger partial charge in [0.1, 0.15) is 22.1 Å². The van der Waals surface area contributed by atoms with E-state index in [0.717, 1.165) is 12.8 Å². The average Bonchev–Trinajstić information content (AvgIpc) is 2.74. The van der Waals surface area contributed by atoms with Gasteiger partial charge in [-0.1, -0.05) is 12.8 Å². The van der Waals surface area contributed by atoms with Crippen molar-refractivity contribution in [2.75, 3.05) is 5.73 Å². The lowest BCUT2D eigenvalue weighted by Crippen LogP contribution is -2.10. The minimum Gasteiger partial charge on any atom is -0.383 e. The Morgan fingerprint density at radius 3 is 2.64 bits per heavy atom. The van der Waals surface area contributed by atoms with Crippen LogP contribution in [-0.4, -0.2) is 9.78 Å². The van der Waals surface area contributed by atoms with Crippen molar-refractivity contribution in [3.05, 3.63) is 10.2 Å². The second-order valence-corrected chi connectivity index (χ2v) is 4.30. The Morgan fingerprint density at radius 1 is 1.50 bits per heavy atom. The molecule has 5 heteroatoms. The summed E-state index contributed by atoms with van der Waals surface area (Å²) in [4.78, 5) is 0. The van der Waals surface area contributed by atoms with E-state index in [1.165, 1.54) is 12.8 Å². The monoisotopic (exact) mass is 254 g/mol. The predicted octanol–water partition coefficient (Wildman–Crippen LogP) is 2.21. The summed E-state index contributed by atoms with van der Waals surface area (Å²) in [6, 6.07) is 2.43. The largest absolute Gasteiger partial charge is 0.383 e. The highest BCUT2D eigenvalue weighted by Gasteiger charge is 2.22. The van der Waals surface area contributed by atoms with Crippen LogP contribution in [0.2, 0.25) is 0 Å². The number of anilines is 1. The van der Waals surface area contributed by atoms with Gasteiger partial charge in [0.2, 0.25) is 0 Å². The topological polar surface area (TPSA) is 67.6 Å². The molecule has 0 aliphatic heterocycles. The Kier molecular flexibility index (Phi) is 2.46. The lowest BCUT2D eigenvalue weighted by atomic mass is 10.2. The molecule has 2 rings (SSSR count). The number of rotatable bonds is 1. The standard InChI is InChI=1S/C9H11BrN4/c10-8-7(5-11)9(12)14(13-8)6-3-1-2-4-6/h6H,1-4,12H2. The van der Waals surface area contributed by atoms with Crippen LogP contribution in [0.15, 0.2) is 4.60 Å². The number of nitrogen functional groups attached to an aromatic ring is 1. The molecule has 0 saturated heterocycles. The molecule has 0 bridgehead atoms. The van der Waals surface area contributed by atoms with Crippen LogP contribution in [0.1, 0.15) is 37.3 Å². The van der Waals surface area contributed by atoms with Crippen LogP contribution in [0.25, 0.3) is 0 Å². The maximum absolute atomic E-state index is 8.84. The second-order valence-electron chi connectivity index (χ2n) is 3.55. The molecule has 0 radical (unpaired) electrons. The van der Waals surface area contributed by atoms with Crippen molar-refractivity contribution in [1.29, 1.82) is 5.26 Å². The van der Waals surface area contributed by atoms with Gasteiger partial charge in [-0.15, -0.1) is 0 Å². The zero-order chi connectivity index (χ0) is 10.1. The third-order valence-electron chi connectivity index (χ3n) is 2.69. The summed E-state index contributed by atoms with van der Waals surface area (Å²) in [7, 11) is 0. The second kappa shape index (κ2) is 3.62. The summed E-state index contributed by atoms with van der Waals surface area (Å²) in [5.41, 5.74) is 6.30. The number of nitriles is 1. The average molecular weight is 255 g/mol. The Hall–Kier alpha value is -1.02. The molecule has 1 aromatic heterocycles. The van der Waals surface area contributed by atoms with E-state index in [1.807, 2.05) is 0 Å². The molecule has 0 spiro atoms. The van der Waals surface area contributed by atoms with Gasteiger partial charge in [-0.25, -0.2) is 4.68 Å². The summed E-state index contributed by atoms with van der Waals surface area (Å²) in [5, 5.41) is 13.1. The van der Waals surface area contributed by atoms with E-state index in [-0.39, 0.29) is 0 Å². The molecule has 4 nitrogen and oxygen atoms in total. The van der Waals surface area contributed by atoms with Crippen LogP contribution in [0.3, 0.4) is 0 Å². The van der Waals surface area contributed by atoms with E-state index in [4.69, 9.17) is 11.0 Å². The molecule has 0 amide bonds. The first-order chi connectivity index (χ1) is 6.74. The van der Waals surface area contributed by atoms with Crippen molar-refractivity contribution in [2.45, 2.75) is 31.7 Å². The van der Waals surface area contributed by atoms with Crippen LogP contribution >= 0.6 is 15.9 Å². The van der Waals surface area contributed by atoms with Gasteiger partial charge in [0.25, 0.3) is 0 Å². The SMILES string of the molecule is N#Cc1c(Br)nn(C2CCCC2)c1N. The molecule has 0 aromatic carbocycles. The Labute approximate surface area is 90.8 Å². The highest BCUT2D eigenvalue weighted by Crippen LogP contribution is 2.33. The lowest BCUT2D eigenvalue weighted by molar-refractivity contribution is 0.472. The molecule has 1 aliphatic rings. The quantitative estimate of drug-likeness (QED) is 0.836. The molecule has 1 aliphatic carbocycles. The van der Waals surface area contributed by atoms with Gasteiger partial charge in [0.15, 0.2) is 0 Å². The fraction of sp³-hybridized carbons (Fsp3) is 0.556. The highest BCUT2D eigenvalue weighted by molar-refractivity contribution is 9.10. The van der Waals surface area contributed by atoms with Gasteiger partial charge < -0.3 is 5.73 Å². The normalized spacial score (nSPS) is 17.1. The van der Waals surface area contributed by atoms with Crippen molar-refractivity contribution < 1.29 is 0 Å². The number of nitrogens with two attached hydrogens (primary N) is 1. The smallest absolute Gasteiger partial charge is 0.148 e. The van der Waals surface area contributed by atoms with Crippen LogP contribution < -0.4 is 5.73 Å². The maximum atomic E-state index is 8.84. The molecular weight excluding hydrogens is 244 g/mol. The first kappa shape index (κ1) is 9.53. The van der Waals surface area contributed by atoms with Crippen molar-refractivity contribution in [2.24, 2.45) is 0 Å². The van der Waals surface area contributed by atoms with E-state index in [1.54, 1.807) is 4.68 Å². The zero-order valence-corrected chi connectivity index (χ0v) is 9.29. The number of halogens is 1. The minimum atomic E-state index is 0.383. The van der Waals surface area contributed by atoms with E-state index in [0.29, 0.717) is 22.0 Å². The maximum Gasteiger partial charge on any atom is 0.148 e. The van der Waals surface area contributed by atoms with Gasteiger partial charge in [0.05, 0.1) is 6.04 Å². The summed E-state index contributed by atoms with van der Waals surface area (Å²) in [5.74, 6) is 0.492. The van der Waals surface area contributed by atoms with Gasteiger partial charge >= 0.3 is 0 Å². The molecule has 0 atom stereocenters. The van der Waals surface area contributed by atoms with Crippen LogP contribution in [0.5, 0.6) is 0 Å². The molecule has 1 aromatic rings.